The summed E-state index contributed by atoms with van der Waals surface area (Å²) in [5.74, 6) is 2.38. The Bertz CT molecular complexity index is 930. The van der Waals surface area contributed by atoms with Crippen LogP contribution in [0.4, 0.5) is 0 Å². The number of rotatable bonds is 11. The van der Waals surface area contributed by atoms with E-state index in [0.29, 0.717) is 17.4 Å². The Morgan fingerprint density at radius 3 is 1.83 bits per heavy atom. The molecule has 240 valence electrons. The predicted molar refractivity (Wildman–Crippen MR) is 185 cm³/mol. The first-order chi connectivity index (χ1) is 19.8. The van der Waals surface area contributed by atoms with Crippen molar-refractivity contribution in [2.45, 2.75) is 151 Å². The zero-order valence-corrected chi connectivity index (χ0v) is 29.6. The summed E-state index contributed by atoms with van der Waals surface area (Å²) in [6, 6.07) is 18.0. The zero-order valence-electron chi connectivity index (χ0n) is 29.6. The van der Waals surface area contributed by atoms with E-state index >= 15 is 0 Å². The van der Waals surface area contributed by atoms with E-state index < -0.39 is 0 Å². The van der Waals surface area contributed by atoms with E-state index in [1.54, 1.807) is 0 Å². The van der Waals surface area contributed by atoms with Crippen molar-refractivity contribution in [1.29, 1.82) is 0 Å². The van der Waals surface area contributed by atoms with Crippen molar-refractivity contribution in [2.75, 3.05) is 13.7 Å². The highest BCUT2D eigenvalue weighted by atomic mass is 16.7. The van der Waals surface area contributed by atoms with Gasteiger partial charge in [-0.15, -0.1) is 0 Å². The Morgan fingerprint density at radius 1 is 0.810 bits per heavy atom. The Morgan fingerprint density at radius 2 is 1.36 bits per heavy atom. The number of ether oxygens (including phenoxy) is 2. The summed E-state index contributed by atoms with van der Waals surface area (Å²) in [5.41, 5.74) is 4.74. The smallest absolute Gasteiger partial charge is 0.196 e. The first-order valence-corrected chi connectivity index (χ1v) is 17.0. The van der Waals surface area contributed by atoms with Crippen molar-refractivity contribution in [3.05, 3.63) is 65.2 Å². The molecule has 42 heavy (non-hydrogen) atoms. The molecule has 3 atom stereocenters. The first-order valence-electron chi connectivity index (χ1n) is 17.0. The summed E-state index contributed by atoms with van der Waals surface area (Å²) < 4.78 is 11.7. The second kappa shape index (κ2) is 19.4. The SMILES string of the molecule is CC.CCC(C)c1ccc(OC(C)OCCC2CCCCC2)cc1.CNC(CC(C)(C)C)c1ccc(C(C)(C)C)cc1. The molecule has 3 nitrogen and oxygen atoms in total. The Labute approximate surface area is 261 Å². The van der Waals surface area contributed by atoms with Crippen LogP contribution >= 0.6 is 0 Å². The van der Waals surface area contributed by atoms with Crippen molar-refractivity contribution in [2.24, 2.45) is 11.3 Å². The van der Waals surface area contributed by atoms with Crippen LogP contribution in [0.1, 0.15) is 156 Å². The molecule has 2 aromatic carbocycles. The normalized spacial score (nSPS) is 16.3. The van der Waals surface area contributed by atoms with E-state index in [1.807, 2.05) is 27.8 Å². The molecule has 0 heterocycles. The van der Waals surface area contributed by atoms with Crippen LogP contribution < -0.4 is 10.1 Å². The maximum atomic E-state index is 5.85. The van der Waals surface area contributed by atoms with Gasteiger partial charge in [-0.1, -0.05) is 138 Å². The lowest BCUT2D eigenvalue weighted by Crippen LogP contribution is -2.22. The molecule has 1 aliphatic rings. The molecule has 3 unspecified atom stereocenters. The predicted octanol–water partition coefficient (Wildman–Crippen LogP) is 11.6. The lowest BCUT2D eigenvalue weighted by atomic mass is 9.83. The van der Waals surface area contributed by atoms with Gasteiger partial charge in [0.05, 0.1) is 6.61 Å². The van der Waals surface area contributed by atoms with Crippen molar-refractivity contribution in [3.8, 4) is 5.75 Å². The summed E-state index contributed by atoms with van der Waals surface area (Å²) in [4.78, 5) is 0. The van der Waals surface area contributed by atoms with Crippen molar-refractivity contribution in [1.82, 2.24) is 5.32 Å². The number of hydrogen-bond donors (Lipinski definition) is 1. The molecular weight excluding hydrogens is 514 g/mol. The standard InChI is InChI=1S/C20H32O2.C17H29N.C2H6/c1-4-16(2)19-10-12-20(13-11-19)22-17(3)21-15-14-18-8-6-5-7-9-18;1-16(2,3)12-15(18-7)13-8-10-14(11-9-13)17(4,5)6;1-2/h10-13,16-18H,4-9,14-15H2,1-3H3;8-11,15,18H,12H2,1-7H3;1-2H3. The summed E-state index contributed by atoms with van der Waals surface area (Å²) in [7, 11) is 2.05. The average Bonchev–Trinajstić information content (AvgIpc) is 2.97. The highest BCUT2D eigenvalue weighted by molar-refractivity contribution is 5.30. The molecule has 0 aliphatic heterocycles. The fraction of sp³-hybridized carbons (Fsp3) is 0.692. The van der Waals surface area contributed by atoms with E-state index in [9.17, 15) is 0 Å². The minimum absolute atomic E-state index is 0.168. The molecule has 0 bridgehead atoms. The fourth-order valence-electron chi connectivity index (χ4n) is 5.43. The molecule has 0 amide bonds. The van der Waals surface area contributed by atoms with Gasteiger partial charge in [-0.3, -0.25) is 0 Å². The Kier molecular flexibility index (Phi) is 17.7. The molecule has 1 fully saturated rings. The molecule has 0 spiro atoms. The van der Waals surface area contributed by atoms with Crippen LogP contribution in [0.25, 0.3) is 0 Å². The van der Waals surface area contributed by atoms with Crippen LogP contribution in [-0.2, 0) is 10.2 Å². The van der Waals surface area contributed by atoms with Crippen LogP contribution in [0.3, 0.4) is 0 Å². The summed E-state index contributed by atoms with van der Waals surface area (Å²) in [6.45, 7) is 24.9. The maximum absolute atomic E-state index is 5.85. The van der Waals surface area contributed by atoms with Crippen LogP contribution in [0.5, 0.6) is 5.75 Å². The molecule has 1 saturated carbocycles. The third kappa shape index (κ3) is 15.1. The van der Waals surface area contributed by atoms with Crippen LogP contribution in [0, 0.1) is 11.3 Å². The summed E-state index contributed by atoms with van der Waals surface area (Å²) >= 11 is 0. The molecule has 0 radical (unpaired) electrons. The van der Waals surface area contributed by atoms with E-state index in [2.05, 4.69) is 109 Å². The van der Waals surface area contributed by atoms with Crippen molar-refractivity contribution in [3.63, 3.8) is 0 Å². The summed E-state index contributed by atoms with van der Waals surface area (Å²) in [5, 5.41) is 3.43. The minimum Gasteiger partial charge on any atom is -0.465 e. The monoisotopic (exact) mass is 582 g/mol. The van der Waals surface area contributed by atoms with Gasteiger partial charge in [-0.05, 0) is 84.7 Å². The average molecular weight is 582 g/mol. The van der Waals surface area contributed by atoms with Gasteiger partial charge in [0.25, 0.3) is 0 Å². The van der Waals surface area contributed by atoms with E-state index in [-0.39, 0.29) is 11.7 Å². The number of benzene rings is 2. The second-order valence-corrected chi connectivity index (χ2v) is 14.2. The third-order valence-corrected chi connectivity index (χ3v) is 8.31. The molecule has 0 saturated heterocycles. The molecular formula is C39H67NO2. The molecule has 1 aliphatic carbocycles. The molecule has 0 aromatic heterocycles. The van der Waals surface area contributed by atoms with E-state index in [4.69, 9.17) is 9.47 Å². The number of nitrogens with one attached hydrogen (secondary N) is 1. The van der Waals surface area contributed by atoms with Gasteiger partial charge in [-0.2, -0.15) is 0 Å². The third-order valence-electron chi connectivity index (χ3n) is 8.31. The van der Waals surface area contributed by atoms with E-state index in [0.717, 1.165) is 24.7 Å². The molecule has 1 N–H and O–H groups in total. The first kappa shape index (κ1) is 38.2. The molecule has 3 heteroatoms. The van der Waals surface area contributed by atoms with Gasteiger partial charge in [-0.25, -0.2) is 0 Å². The van der Waals surface area contributed by atoms with Gasteiger partial charge in [0.2, 0.25) is 0 Å². The lowest BCUT2D eigenvalue weighted by Gasteiger charge is -2.27. The largest absolute Gasteiger partial charge is 0.465 e. The van der Waals surface area contributed by atoms with Crippen molar-refractivity contribution < 1.29 is 9.47 Å². The van der Waals surface area contributed by atoms with Crippen LogP contribution in [-0.4, -0.2) is 19.9 Å². The Hall–Kier alpha value is -1.84. The topological polar surface area (TPSA) is 30.5 Å². The van der Waals surface area contributed by atoms with Crippen LogP contribution in [0.15, 0.2) is 48.5 Å². The van der Waals surface area contributed by atoms with Gasteiger partial charge in [0, 0.05) is 6.04 Å². The summed E-state index contributed by atoms with van der Waals surface area (Å²) in [6.07, 6.45) is 10.3. The van der Waals surface area contributed by atoms with Gasteiger partial charge in [0.15, 0.2) is 6.29 Å². The molecule has 3 rings (SSSR count). The van der Waals surface area contributed by atoms with Crippen molar-refractivity contribution >= 4 is 0 Å². The van der Waals surface area contributed by atoms with E-state index in [1.165, 1.54) is 61.6 Å². The highest BCUT2D eigenvalue weighted by Crippen LogP contribution is 2.31. The van der Waals surface area contributed by atoms with Gasteiger partial charge >= 0.3 is 0 Å². The number of hydrogen-bond acceptors (Lipinski definition) is 3. The zero-order chi connectivity index (χ0) is 31.8. The van der Waals surface area contributed by atoms with Gasteiger partial charge in [0.1, 0.15) is 5.75 Å². The highest BCUT2D eigenvalue weighted by Gasteiger charge is 2.20. The van der Waals surface area contributed by atoms with Gasteiger partial charge < -0.3 is 14.8 Å². The maximum Gasteiger partial charge on any atom is 0.196 e. The second-order valence-electron chi connectivity index (χ2n) is 14.2. The molecule has 2 aromatic rings. The Balaban J connectivity index is 0.000000404. The van der Waals surface area contributed by atoms with Crippen LogP contribution in [0.2, 0.25) is 0 Å². The fourth-order valence-corrected chi connectivity index (χ4v) is 5.43. The quantitative estimate of drug-likeness (QED) is 0.268. The minimum atomic E-state index is -0.168. The lowest BCUT2D eigenvalue weighted by molar-refractivity contribution is -0.0711.